The largest absolute Gasteiger partial charge is 0.477 e. The Balaban J connectivity index is 1.54. The number of halogens is 2. The Kier molecular flexibility index (Phi) is 5.94. The van der Waals surface area contributed by atoms with E-state index in [0.29, 0.717) is 69.1 Å². The number of aromatic carboxylic acids is 1. The molecule has 2 fully saturated rings. The molecule has 10 nitrogen and oxygen atoms in total. The summed E-state index contributed by atoms with van der Waals surface area (Å²) in [6.45, 7) is 1.43. The molecule has 5 heterocycles. The van der Waals surface area contributed by atoms with Gasteiger partial charge in [-0.3, -0.25) is 4.79 Å². The van der Waals surface area contributed by atoms with E-state index < -0.39 is 23.0 Å². The molecule has 0 spiro atoms. The van der Waals surface area contributed by atoms with Crippen LogP contribution in [0.15, 0.2) is 35.5 Å². The average Bonchev–Trinajstić information content (AvgIpc) is 3.68. The van der Waals surface area contributed by atoms with E-state index >= 15 is 4.39 Å². The van der Waals surface area contributed by atoms with Crippen LogP contribution in [-0.4, -0.2) is 63.8 Å². The number of hydrogen-bond acceptors (Lipinski definition) is 7. The molecule has 5 aromatic rings. The summed E-state index contributed by atoms with van der Waals surface area (Å²) in [7, 11) is 5.24. The van der Waals surface area contributed by atoms with Gasteiger partial charge in [0.25, 0.3) is 0 Å². The van der Waals surface area contributed by atoms with Crippen LogP contribution in [0, 0.1) is 23.5 Å². The third-order valence-corrected chi connectivity index (χ3v) is 9.13. The second kappa shape index (κ2) is 9.48. The second-order valence-corrected chi connectivity index (χ2v) is 11.3. The van der Waals surface area contributed by atoms with E-state index in [2.05, 4.69) is 30.5 Å². The third-order valence-electron chi connectivity index (χ3n) is 9.13. The minimum absolute atomic E-state index is 0.0961. The number of hydrogen-bond donors (Lipinski definition) is 4. The van der Waals surface area contributed by atoms with Crippen molar-refractivity contribution >= 4 is 50.3 Å². The van der Waals surface area contributed by atoms with Gasteiger partial charge in [-0.1, -0.05) is 0 Å². The minimum atomic E-state index is -1.33. The number of H-pyrrole nitrogens is 1. The van der Waals surface area contributed by atoms with Crippen molar-refractivity contribution < 1.29 is 18.7 Å². The van der Waals surface area contributed by atoms with Gasteiger partial charge in [-0.25, -0.2) is 23.5 Å². The zero-order chi connectivity index (χ0) is 29.4. The number of nitrogens with one attached hydrogen (secondary N) is 3. The quantitative estimate of drug-likeness (QED) is 0.248. The van der Waals surface area contributed by atoms with Crippen LogP contribution < -0.4 is 21.0 Å². The highest BCUT2D eigenvalue weighted by molar-refractivity contribution is 6.18. The standard InChI is InChI=1S/C30H29F2N7O3/c1-33-20-5-4-13-10-39(12-17(13)20)26-16(14-6-15-27(40)18(30(41)42)11-38(3)29(15)36-8-14)9-35-28-23(26)22-24(32)19(31)7-21(34-2)25(22)37-28/h6-9,11,13,17,20,33-34H,4-5,10,12H2,1-3H3,(H,35,37)(H,41,42). The van der Waals surface area contributed by atoms with Gasteiger partial charge in [0.05, 0.1) is 33.1 Å². The first-order valence-corrected chi connectivity index (χ1v) is 13.9. The number of nitrogens with zero attached hydrogens (tertiary/aromatic N) is 4. The van der Waals surface area contributed by atoms with E-state index in [0.717, 1.165) is 25.5 Å². The molecule has 0 bridgehead atoms. The van der Waals surface area contributed by atoms with E-state index in [4.69, 9.17) is 0 Å². The molecule has 1 saturated carbocycles. The molecule has 216 valence electrons. The zero-order valence-corrected chi connectivity index (χ0v) is 23.3. The van der Waals surface area contributed by atoms with Crippen LogP contribution in [-0.2, 0) is 7.05 Å². The average molecular weight is 574 g/mol. The van der Waals surface area contributed by atoms with Gasteiger partial charge >= 0.3 is 5.97 Å². The predicted molar refractivity (Wildman–Crippen MR) is 157 cm³/mol. The molecule has 1 aliphatic heterocycles. The van der Waals surface area contributed by atoms with Gasteiger partial charge in [0.15, 0.2) is 11.6 Å². The number of carbonyl (C=O) groups is 1. The molecule has 12 heteroatoms. The van der Waals surface area contributed by atoms with Crippen molar-refractivity contribution in [2.75, 3.05) is 37.4 Å². The summed E-state index contributed by atoms with van der Waals surface area (Å²) in [4.78, 5) is 39.5. The summed E-state index contributed by atoms with van der Waals surface area (Å²) in [5.74, 6) is -2.47. The van der Waals surface area contributed by atoms with Gasteiger partial charge in [-0.05, 0) is 37.8 Å². The molecule has 42 heavy (non-hydrogen) atoms. The Labute approximate surface area is 238 Å². The van der Waals surface area contributed by atoms with Crippen LogP contribution in [0.25, 0.3) is 44.1 Å². The predicted octanol–water partition coefficient (Wildman–Crippen LogP) is 4.08. The Bertz CT molecular complexity index is 2000. The summed E-state index contributed by atoms with van der Waals surface area (Å²) >= 11 is 0. The molecule has 0 radical (unpaired) electrons. The molecular weight excluding hydrogens is 544 g/mol. The molecule has 4 aromatic heterocycles. The molecular formula is C30H29F2N7O3. The molecule has 1 aliphatic carbocycles. The lowest BCUT2D eigenvalue weighted by Crippen LogP contribution is -2.33. The fourth-order valence-corrected chi connectivity index (χ4v) is 7.15. The first-order valence-electron chi connectivity index (χ1n) is 13.9. The maximum Gasteiger partial charge on any atom is 0.341 e. The lowest BCUT2D eigenvalue weighted by Gasteiger charge is -2.25. The van der Waals surface area contributed by atoms with Crippen molar-refractivity contribution in [1.82, 2.24) is 24.8 Å². The van der Waals surface area contributed by atoms with Gasteiger partial charge in [0, 0.05) is 69.0 Å². The van der Waals surface area contributed by atoms with Crippen molar-refractivity contribution in [3.05, 3.63) is 58.1 Å². The van der Waals surface area contributed by atoms with Gasteiger partial charge in [0.2, 0.25) is 5.43 Å². The summed E-state index contributed by atoms with van der Waals surface area (Å²) < 4.78 is 32.1. The zero-order valence-electron chi connectivity index (χ0n) is 23.3. The molecule has 4 N–H and O–H groups in total. The van der Waals surface area contributed by atoms with Crippen LogP contribution in [0.1, 0.15) is 23.2 Å². The van der Waals surface area contributed by atoms with E-state index in [9.17, 15) is 19.1 Å². The smallest absolute Gasteiger partial charge is 0.341 e. The summed E-state index contributed by atoms with van der Waals surface area (Å²) in [6, 6.07) is 3.09. The van der Waals surface area contributed by atoms with Gasteiger partial charge in [-0.2, -0.15) is 0 Å². The van der Waals surface area contributed by atoms with E-state index in [1.807, 2.05) is 7.05 Å². The SMILES string of the molecule is CNc1cc(F)c(F)c2c1[nH]c1ncc(-c3cnc4c(c3)c(=O)c(C(=O)O)cn4C)c(N3CC4CCC(NC)C4C3)c12. The van der Waals surface area contributed by atoms with Crippen LogP contribution in [0.2, 0.25) is 0 Å². The van der Waals surface area contributed by atoms with Crippen molar-refractivity contribution in [3.63, 3.8) is 0 Å². The summed E-state index contributed by atoms with van der Waals surface area (Å²) in [5, 5.41) is 16.7. The van der Waals surface area contributed by atoms with E-state index in [1.54, 1.807) is 32.6 Å². The summed E-state index contributed by atoms with van der Waals surface area (Å²) in [6.07, 6.45) is 6.65. The number of pyridine rings is 3. The topological polar surface area (TPSA) is 128 Å². The van der Waals surface area contributed by atoms with E-state index in [1.165, 1.54) is 10.8 Å². The second-order valence-electron chi connectivity index (χ2n) is 11.3. The number of benzene rings is 1. The lowest BCUT2D eigenvalue weighted by atomic mass is 9.98. The summed E-state index contributed by atoms with van der Waals surface area (Å²) in [5.41, 5.74) is 2.32. The van der Waals surface area contributed by atoms with Crippen molar-refractivity contribution in [3.8, 4) is 11.1 Å². The number of carboxylic acids is 1. The van der Waals surface area contributed by atoms with E-state index in [-0.39, 0.29) is 16.3 Å². The monoisotopic (exact) mass is 573 g/mol. The Hall–Kier alpha value is -4.58. The molecule has 7 rings (SSSR count). The first-order chi connectivity index (χ1) is 20.2. The molecule has 3 atom stereocenters. The van der Waals surface area contributed by atoms with Crippen LogP contribution in [0.5, 0.6) is 0 Å². The van der Waals surface area contributed by atoms with Crippen LogP contribution in [0.4, 0.5) is 20.2 Å². The fourth-order valence-electron chi connectivity index (χ4n) is 7.15. The number of aromatic nitrogens is 4. The Morgan fingerprint density at radius 3 is 2.67 bits per heavy atom. The van der Waals surface area contributed by atoms with Gasteiger partial charge in [0.1, 0.15) is 16.9 Å². The Morgan fingerprint density at radius 2 is 1.93 bits per heavy atom. The maximum absolute atomic E-state index is 15.7. The number of anilines is 2. The van der Waals surface area contributed by atoms with Crippen molar-refractivity contribution in [1.29, 1.82) is 0 Å². The highest BCUT2D eigenvalue weighted by Crippen LogP contribution is 2.47. The highest BCUT2D eigenvalue weighted by Gasteiger charge is 2.43. The molecule has 2 aliphatic rings. The molecule has 0 amide bonds. The third kappa shape index (κ3) is 3.71. The van der Waals surface area contributed by atoms with Crippen LogP contribution >= 0.6 is 0 Å². The number of fused-ring (bicyclic) bond motifs is 5. The maximum atomic E-state index is 15.7. The fraction of sp³-hybridized carbons (Fsp3) is 0.333. The number of rotatable bonds is 5. The Morgan fingerprint density at radius 1 is 1.12 bits per heavy atom. The van der Waals surface area contributed by atoms with Crippen molar-refractivity contribution in [2.45, 2.75) is 18.9 Å². The first kappa shape index (κ1) is 26.3. The molecule has 1 saturated heterocycles. The number of carboxylic acid groups (broad SMARTS) is 1. The van der Waals surface area contributed by atoms with Crippen LogP contribution in [0.3, 0.4) is 0 Å². The number of aromatic amines is 1. The lowest BCUT2D eigenvalue weighted by molar-refractivity contribution is 0.0695. The van der Waals surface area contributed by atoms with Gasteiger partial charge in [-0.15, -0.1) is 0 Å². The molecule has 3 unspecified atom stereocenters. The van der Waals surface area contributed by atoms with Gasteiger partial charge < -0.3 is 30.2 Å². The normalized spacial score (nSPS) is 20.2. The highest BCUT2D eigenvalue weighted by atomic mass is 19.2. The minimum Gasteiger partial charge on any atom is -0.477 e. The molecule has 1 aromatic carbocycles. The van der Waals surface area contributed by atoms with Crippen molar-refractivity contribution in [2.24, 2.45) is 18.9 Å². The number of aryl methyl sites for hydroxylation is 1.